The molecule has 0 aliphatic carbocycles. The lowest BCUT2D eigenvalue weighted by atomic mass is 10.3. The molecule has 0 aromatic heterocycles. The number of ether oxygens (including phenoxy) is 1. The smallest absolute Gasteiger partial charge is 0.228 e. The molecule has 2 nitrogen and oxygen atoms in total. The second-order valence-corrected chi connectivity index (χ2v) is 4.61. The summed E-state index contributed by atoms with van der Waals surface area (Å²) in [7, 11) is 4.27. The zero-order valence-electron chi connectivity index (χ0n) is 10.3. The molecule has 0 bridgehead atoms. The van der Waals surface area contributed by atoms with Crippen LogP contribution in [0.4, 0.5) is 5.69 Å². The monoisotopic (exact) mass is 228 g/mol. The lowest BCUT2D eigenvalue weighted by Crippen LogP contribution is -2.43. The molecule has 0 unspecified atom stereocenters. The van der Waals surface area contributed by atoms with E-state index in [9.17, 15) is 0 Å². The molecular weight excluding hydrogens is 210 g/mol. The Morgan fingerprint density at radius 1 is 0.824 bits per heavy atom. The Balaban J connectivity index is 2.03. The van der Waals surface area contributed by atoms with Gasteiger partial charge >= 0.3 is 0 Å². The molecule has 2 aromatic rings. The summed E-state index contributed by atoms with van der Waals surface area (Å²) in [6.45, 7) is 0.619. The van der Waals surface area contributed by atoms with Crippen molar-refractivity contribution in [3.63, 3.8) is 0 Å². The van der Waals surface area contributed by atoms with Crippen molar-refractivity contribution in [2.24, 2.45) is 0 Å². The van der Waals surface area contributed by atoms with Crippen LogP contribution in [0.1, 0.15) is 0 Å². The van der Waals surface area contributed by atoms with Crippen molar-refractivity contribution < 1.29 is 4.74 Å². The maximum atomic E-state index is 5.80. The van der Waals surface area contributed by atoms with E-state index in [-0.39, 0.29) is 0 Å². The fourth-order valence-corrected chi connectivity index (χ4v) is 1.66. The minimum absolute atomic E-state index is 0.619. The third-order valence-corrected chi connectivity index (χ3v) is 2.75. The van der Waals surface area contributed by atoms with Gasteiger partial charge in [0.2, 0.25) is 6.73 Å². The maximum absolute atomic E-state index is 5.80. The van der Waals surface area contributed by atoms with Crippen LogP contribution in [0.5, 0.6) is 5.75 Å². The van der Waals surface area contributed by atoms with Crippen LogP contribution in [0.2, 0.25) is 0 Å². The minimum atomic E-state index is 0.619. The van der Waals surface area contributed by atoms with E-state index in [2.05, 4.69) is 38.4 Å². The fraction of sp³-hybridized carbons (Fsp3) is 0.200. The fourth-order valence-electron chi connectivity index (χ4n) is 1.66. The molecule has 17 heavy (non-hydrogen) atoms. The van der Waals surface area contributed by atoms with Gasteiger partial charge in [0, 0.05) is 0 Å². The molecule has 0 heterocycles. The molecule has 0 atom stereocenters. The van der Waals surface area contributed by atoms with E-state index in [0.717, 1.165) is 5.75 Å². The lowest BCUT2D eigenvalue weighted by Gasteiger charge is -2.28. The summed E-state index contributed by atoms with van der Waals surface area (Å²) in [5.41, 5.74) is 1.24. The molecule has 2 rings (SSSR count). The van der Waals surface area contributed by atoms with Gasteiger partial charge in [0.25, 0.3) is 0 Å². The Hall–Kier alpha value is -1.80. The van der Waals surface area contributed by atoms with Gasteiger partial charge in [0.05, 0.1) is 14.1 Å². The standard InChI is InChI=1S/C15H18NO/c1-16(2,14-9-5-3-6-10-14)13-17-15-11-7-4-8-12-15/h3-12H,13H2,1-2H3/q+1. The summed E-state index contributed by atoms with van der Waals surface area (Å²) >= 11 is 0. The third-order valence-electron chi connectivity index (χ3n) is 2.75. The van der Waals surface area contributed by atoms with Gasteiger partial charge in [-0.25, -0.2) is 0 Å². The molecule has 0 aliphatic heterocycles. The van der Waals surface area contributed by atoms with Crippen molar-refractivity contribution >= 4 is 5.69 Å². The summed E-state index contributed by atoms with van der Waals surface area (Å²) in [5, 5.41) is 0. The number of para-hydroxylation sites is 2. The maximum Gasteiger partial charge on any atom is 0.228 e. The zero-order valence-corrected chi connectivity index (χ0v) is 10.3. The van der Waals surface area contributed by atoms with Crippen molar-refractivity contribution in [3.8, 4) is 5.75 Å². The van der Waals surface area contributed by atoms with Gasteiger partial charge in [-0.05, 0) is 24.3 Å². The Labute approximate surface area is 103 Å². The highest BCUT2D eigenvalue weighted by atomic mass is 16.5. The van der Waals surface area contributed by atoms with Gasteiger partial charge in [0.1, 0.15) is 11.4 Å². The van der Waals surface area contributed by atoms with Gasteiger partial charge in [0.15, 0.2) is 0 Å². The van der Waals surface area contributed by atoms with E-state index in [0.29, 0.717) is 11.2 Å². The van der Waals surface area contributed by atoms with Gasteiger partial charge in [-0.2, -0.15) is 0 Å². The highest BCUT2D eigenvalue weighted by Crippen LogP contribution is 2.19. The van der Waals surface area contributed by atoms with Crippen LogP contribution in [-0.4, -0.2) is 20.8 Å². The SMILES string of the molecule is C[N+](C)(COc1ccccc1)c1ccccc1. The van der Waals surface area contributed by atoms with E-state index in [1.165, 1.54) is 5.69 Å². The first-order valence-corrected chi connectivity index (χ1v) is 5.75. The molecule has 88 valence electrons. The van der Waals surface area contributed by atoms with E-state index in [1.807, 2.05) is 36.4 Å². The van der Waals surface area contributed by atoms with Crippen LogP contribution < -0.4 is 9.22 Å². The van der Waals surface area contributed by atoms with Crippen LogP contribution in [-0.2, 0) is 0 Å². The van der Waals surface area contributed by atoms with Gasteiger partial charge < -0.3 is 4.74 Å². The molecule has 0 aliphatic rings. The summed E-state index contributed by atoms with van der Waals surface area (Å²) in [5.74, 6) is 0.912. The normalized spacial score (nSPS) is 11.2. The highest BCUT2D eigenvalue weighted by molar-refractivity contribution is 5.40. The third kappa shape index (κ3) is 3.08. The summed E-state index contributed by atoms with van der Waals surface area (Å²) in [6.07, 6.45) is 0. The molecule has 0 spiro atoms. The van der Waals surface area contributed by atoms with E-state index >= 15 is 0 Å². The molecule has 2 aromatic carbocycles. The topological polar surface area (TPSA) is 9.23 Å². The Morgan fingerprint density at radius 2 is 1.35 bits per heavy atom. The van der Waals surface area contributed by atoms with Gasteiger partial charge in [-0.3, -0.25) is 4.48 Å². The summed E-state index contributed by atoms with van der Waals surface area (Å²) in [6, 6.07) is 20.3. The average Bonchev–Trinajstić information content (AvgIpc) is 2.39. The molecule has 2 heteroatoms. The van der Waals surface area contributed by atoms with Crippen molar-refractivity contribution in [2.75, 3.05) is 20.8 Å². The van der Waals surface area contributed by atoms with Crippen LogP contribution >= 0.6 is 0 Å². The molecular formula is C15H18NO+. The van der Waals surface area contributed by atoms with Crippen molar-refractivity contribution in [1.82, 2.24) is 4.48 Å². The zero-order chi connectivity index (χ0) is 12.1. The van der Waals surface area contributed by atoms with Crippen LogP contribution in [0.15, 0.2) is 60.7 Å². The van der Waals surface area contributed by atoms with Crippen molar-refractivity contribution in [3.05, 3.63) is 60.7 Å². The van der Waals surface area contributed by atoms with Crippen LogP contribution in [0, 0.1) is 0 Å². The largest absolute Gasteiger partial charge is 0.445 e. The molecule has 0 radical (unpaired) electrons. The summed E-state index contributed by atoms with van der Waals surface area (Å²) < 4.78 is 6.50. The second-order valence-electron chi connectivity index (χ2n) is 4.61. The lowest BCUT2D eigenvalue weighted by molar-refractivity contribution is 0.180. The Kier molecular flexibility index (Phi) is 3.45. The molecule has 0 saturated carbocycles. The molecule has 0 saturated heterocycles. The van der Waals surface area contributed by atoms with Crippen LogP contribution in [0.25, 0.3) is 0 Å². The Bertz CT molecular complexity index is 451. The first-order chi connectivity index (χ1) is 8.18. The quantitative estimate of drug-likeness (QED) is 0.576. The molecule has 0 N–H and O–H groups in total. The molecule has 0 amide bonds. The first-order valence-electron chi connectivity index (χ1n) is 5.75. The number of hydrogen-bond donors (Lipinski definition) is 0. The number of rotatable bonds is 4. The van der Waals surface area contributed by atoms with Gasteiger partial charge in [-0.1, -0.05) is 36.4 Å². The van der Waals surface area contributed by atoms with Crippen molar-refractivity contribution in [2.45, 2.75) is 0 Å². The molecule has 0 fully saturated rings. The number of quaternary nitrogens is 1. The number of nitrogens with zero attached hydrogens (tertiary/aromatic N) is 1. The predicted molar refractivity (Wildman–Crippen MR) is 72.0 cm³/mol. The highest BCUT2D eigenvalue weighted by Gasteiger charge is 2.18. The minimum Gasteiger partial charge on any atom is -0.445 e. The van der Waals surface area contributed by atoms with E-state index in [1.54, 1.807) is 0 Å². The second kappa shape index (κ2) is 5.02. The predicted octanol–water partition coefficient (Wildman–Crippen LogP) is 3.29. The van der Waals surface area contributed by atoms with E-state index in [4.69, 9.17) is 4.74 Å². The average molecular weight is 228 g/mol. The Morgan fingerprint density at radius 3 is 1.94 bits per heavy atom. The first kappa shape index (κ1) is 11.7. The van der Waals surface area contributed by atoms with Crippen molar-refractivity contribution in [1.29, 1.82) is 0 Å². The number of benzene rings is 2. The van der Waals surface area contributed by atoms with Gasteiger partial charge in [-0.15, -0.1) is 0 Å². The van der Waals surface area contributed by atoms with E-state index < -0.39 is 0 Å². The van der Waals surface area contributed by atoms with Crippen LogP contribution in [0.3, 0.4) is 0 Å². The number of hydrogen-bond acceptors (Lipinski definition) is 1. The summed E-state index contributed by atoms with van der Waals surface area (Å²) in [4.78, 5) is 0.